The van der Waals surface area contributed by atoms with Crippen LogP contribution in [0.15, 0.2) is 24.3 Å². The van der Waals surface area contributed by atoms with Gasteiger partial charge in [0.2, 0.25) is 0 Å². The average molecular weight is 249 g/mol. The van der Waals surface area contributed by atoms with E-state index in [9.17, 15) is 5.11 Å². The summed E-state index contributed by atoms with van der Waals surface area (Å²) in [6.07, 6.45) is 2.03. The molecule has 1 atom stereocenters. The number of hydrogen-bond acceptors (Lipinski definition) is 3. The predicted octanol–water partition coefficient (Wildman–Crippen LogP) is 2.29. The monoisotopic (exact) mass is 249 g/mol. The van der Waals surface area contributed by atoms with Crippen LogP contribution in [-0.4, -0.2) is 36.3 Å². The number of piperidine rings is 1. The number of hydrogen-bond donors (Lipinski definition) is 1. The lowest BCUT2D eigenvalue weighted by Gasteiger charge is -2.33. The van der Waals surface area contributed by atoms with Crippen molar-refractivity contribution in [1.82, 2.24) is 4.90 Å². The summed E-state index contributed by atoms with van der Waals surface area (Å²) in [5, 5.41) is 9.59. The summed E-state index contributed by atoms with van der Waals surface area (Å²) in [4.78, 5) is 2.45. The number of aliphatic hydroxyl groups is 1. The molecule has 0 radical (unpaired) electrons. The van der Waals surface area contributed by atoms with Gasteiger partial charge in [-0.15, -0.1) is 0 Å². The van der Waals surface area contributed by atoms with Crippen LogP contribution >= 0.6 is 0 Å². The van der Waals surface area contributed by atoms with E-state index in [1.807, 2.05) is 19.1 Å². The normalized spacial score (nSPS) is 19.7. The maximum atomic E-state index is 9.59. The van der Waals surface area contributed by atoms with Crippen molar-refractivity contribution in [2.24, 2.45) is 5.92 Å². The molecule has 2 rings (SSSR count). The van der Waals surface area contributed by atoms with Crippen LogP contribution in [-0.2, 0) is 6.54 Å². The van der Waals surface area contributed by atoms with Gasteiger partial charge < -0.3 is 9.84 Å². The molecule has 100 valence electrons. The molecule has 3 heteroatoms. The second kappa shape index (κ2) is 6.21. The van der Waals surface area contributed by atoms with Crippen molar-refractivity contribution in [3.63, 3.8) is 0 Å². The third-order valence-electron chi connectivity index (χ3n) is 3.85. The Morgan fingerprint density at radius 3 is 2.72 bits per heavy atom. The quantitative estimate of drug-likeness (QED) is 0.888. The third kappa shape index (κ3) is 3.47. The SMILES string of the molecule is COc1cccc(CN2CCC(C(C)O)CC2)c1. The maximum absolute atomic E-state index is 9.59. The molecular formula is C15H23NO2. The Bertz CT molecular complexity index is 371. The molecule has 0 amide bonds. The fourth-order valence-corrected chi connectivity index (χ4v) is 2.62. The highest BCUT2D eigenvalue weighted by Crippen LogP contribution is 2.22. The van der Waals surface area contributed by atoms with Gasteiger partial charge in [-0.3, -0.25) is 4.90 Å². The zero-order valence-corrected chi connectivity index (χ0v) is 11.3. The van der Waals surface area contributed by atoms with Crippen LogP contribution in [0.3, 0.4) is 0 Å². The first kappa shape index (κ1) is 13.4. The van der Waals surface area contributed by atoms with E-state index in [-0.39, 0.29) is 6.10 Å². The maximum Gasteiger partial charge on any atom is 0.119 e. The summed E-state index contributed by atoms with van der Waals surface area (Å²) in [6, 6.07) is 8.25. The molecule has 0 aromatic heterocycles. The van der Waals surface area contributed by atoms with E-state index in [1.165, 1.54) is 5.56 Å². The van der Waals surface area contributed by atoms with Crippen molar-refractivity contribution in [3.05, 3.63) is 29.8 Å². The van der Waals surface area contributed by atoms with Gasteiger partial charge >= 0.3 is 0 Å². The minimum Gasteiger partial charge on any atom is -0.497 e. The molecular weight excluding hydrogens is 226 g/mol. The molecule has 1 aliphatic rings. The van der Waals surface area contributed by atoms with Gasteiger partial charge in [0.15, 0.2) is 0 Å². The molecule has 1 saturated heterocycles. The van der Waals surface area contributed by atoms with Gasteiger partial charge in [0.05, 0.1) is 13.2 Å². The fourth-order valence-electron chi connectivity index (χ4n) is 2.62. The topological polar surface area (TPSA) is 32.7 Å². The number of likely N-dealkylation sites (tertiary alicyclic amines) is 1. The number of benzene rings is 1. The summed E-state index contributed by atoms with van der Waals surface area (Å²) in [5.74, 6) is 1.40. The van der Waals surface area contributed by atoms with Crippen LogP contribution in [0.2, 0.25) is 0 Å². The molecule has 1 fully saturated rings. The molecule has 0 bridgehead atoms. The highest BCUT2D eigenvalue weighted by atomic mass is 16.5. The van der Waals surface area contributed by atoms with Crippen molar-refractivity contribution < 1.29 is 9.84 Å². The number of aliphatic hydroxyl groups excluding tert-OH is 1. The fraction of sp³-hybridized carbons (Fsp3) is 0.600. The zero-order valence-electron chi connectivity index (χ0n) is 11.3. The molecule has 0 aliphatic carbocycles. The molecule has 1 aliphatic heterocycles. The molecule has 3 nitrogen and oxygen atoms in total. The largest absolute Gasteiger partial charge is 0.497 e. The zero-order chi connectivity index (χ0) is 13.0. The first-order chi connectivity index (χ1) is 8.69. The van der Waals surface area contributed by atoms with E-state index < -0.39 is 0 Å². The summed E-state index contributed by atoms with van der Waals surface area (Å²) in [5.41, 5.74) is 1.30. The van der Waals surface area contributed by atoms with E-state index >= 15 is 0 Å². The van der Waals surface area contributed by atoms with Crippen molar-refractivity contribution in [2.45, 2.75) is 32.4 Å². The van der Waals surface area contributed by atoms with E-state index in [1.54, 1.807) is 7.11 Å². The minimum atomic E-state index is -0.163. The van der Waals surface area contributed by atoms with Crippen LogP contribution < -0.4 is 4.74 Å². The summed E-state index contributed by atoms with van der Waals surface area (Å²) >= 11 is 0. The average Bonchev–Trinajstić information content (AvgIpc) is 2.39. The van der Waals surface area contributed by atoms with Crippen molar-refractivity contribution in [3.8, 4) is 5.75 Å². The lowest BCUT2D eigenvalue weighted by molar-refractivity contribution is 0.0695. The lowest BCUT2D eigenvalue weighted by atomic mass is 9.92. The van der Waals surface area contributed by atoms with Crippen LogP contribution in [0.5, 0.6) is 5.75 Å². The molecule has 18 heavy (non-hydrogen) atoms. The number of rotatable bonds is 4. The summed E-state index contributed by atoms with van der Waals surface area (Å²) < 4.78 is 5.24. The van der Waals surface area contributed by atoms with Crippen LogP contribution in [0.4, 0.5) is 0 Å². The van der Waals surface area contributed by atoms with Gasteiger partial charge in [0, 0.05) is 6.54 Å². The van der Waals surface area contributed by atoms with E-state index in [4.69, 9.17) is 4.74 Å². The summed E-state index contributed by atoms with van der Waals surface area (Å²) in [6.45, 7) is 5.03. The van der Waals surface area contributed by atoms with Crippen molar-refractivity contribution in [2.75, 3.05) is 20.2 Å². The first-order valence-electron chi connectivity index (χ1n) is 6.72. The minimum absolute atomic E-state index is 0.163. The molecule has 1 aromatic rings. The number of nitrogens with zero attached hydrogens (tertiary/aromatic N) is 1. The second-order valence-corrected chi connectivity index (χ2v) is 5.21. The lowest BCUT2D eigenvalue weighted by Crippen LogP contribution is -2.36. The molecule has 1 N–H and O–H groups in total. The third-order valence-corrected chi connectivity index (χ3v) is 3.85. The Balaban J connectivity index is 1.87. The van der Waals surface area contributed by atoms with Crippen molar-refractivity contribution >= 4 is 0 Å². The first-order valence-corrected chi connectivity index (χ1v) is 6.72. The number of ether oxygens (including phenoxy) is 1. The molecule has 1 aromatic carbocycles. The van der Waals surface area contributed by atoms with Gasteiger partial charge in [0.25, 0.3) is 0 Å². The van der Waals surface area contributed by atoms with E-state index in [0.29, 0.717) is 5.92 Å². The Hall–Kier alpha value is -1.06. The Kier molecular flexibility index (Phi) is 4.61. The van der Waals surface area contributed by atoms with E-state index in [2.05, 4.69) is 17.0 Å². The smallest absolute Gasteiger partial charge is 0.119 e. The van der Waals surface area contributed by atoms with Gasteiger partial charge in [-0.05, 0) is 56.5 Å². The Labute approximate surface area is 109 Å². The summed E-state index contributed by atoms with van der Waals surface area (Å²) in [7, 11) is 1.70. The molecule has 0 saturated carbocycles. The highest BCUT2D eigenvalue weighted by Gasteiger charge is 2.22. The number of methoxy groups -OCH3 is 1. The predicted molar refractivity (Wildman–Crippen MR) is 72.7 cm³/mol. The Morgan fingerprint density at radius 2 is 2.11 bits per heavy atom. The standard InChI is InChI=1S/C15H23NO2/c1-12(17)14-6-8-16(9-7-14)11-13-4-3-5-15(10-13)18-2/h3-5,10,12,14,17H,6-9,11H2,1-2H3. The highest BCUT2D eigenvalue weighted by molar-refractivity contribution is 5.28. The van der Waals surface area contributed by atoms with E-state index in [0.717, 1.165) is 38.2 Å². The van der Waals surface area contributed by atoms with Gasteiger partial charge in [-0.1, -0.05) is 12.1 Å². The van der Waals surface area contributed by atoms with Crippen molar-refractivity contribution in [1.29, 1.82) is 0 Å². The molecule has 1 unspecified atom stereocenters. The van der Waals surface area contributed by atoms with Crippen LogP contribution in [0.25, 0.3) is 0 Å². The molecule has 1 heterocycles. The van der Waals surface area contributed by atoms with Crippen LogP contribution in [0.1, 0.15) is 25.3 Å². The second-order valence-electron chi connectivity index (χ2n) is 5.21. The Morgan fingerprint density at radius 1 is 1.39 bits per heavy atom. The van der Waals surface area contributed by atoms with Gasteiger partial charge in [-0.25, -0.2) is 0 Å². The molecule has 0 spiro atoms. The van der Waals surface area contributed by atoms with Crippen LogP contribution in [0, 0.1) is 5.92 Å². The van der Waals surface area contributed by atoms with Gasteiger partial charge in [-0.2, -0.15) is 0 Å². The van der Waals surface area contributed by atoms with Gasteiger partial charge in [0.1, 0.15) is 5.75 Å².